The van der Waals surface area contributed by atoms with Gasteiger partial charge in [0.25, 0.3) is 5.56 Å². The highest BCUT2D eigenvalue weighted by molar-refractivity contribution is 5.90. The highest BCUT2D eigenvalue weighted by Gasteiger charge is 2.13. The van der Waals surface area contributed by atoms with Crippen molar-refractivity contribution in [2.45, 2.75) is 6.42 Å². The number of aromatic amines is 1. The number of nitrogens with zero attached hydrogens (tertiary/aromatic N) is 4. The Morgan fingerprint density at radius 2 is 1.94 bits per heavy atom. The molecule has 0 bridgehead atoms. The van der Waals surface area contributed by atoms with Crippen LogP contribution in [-0.4, -0.2) is 31.0 Å². The van der Waals surface area contributed by atoms with E-state index in [4.69, 9.17) is 0 Å². The Bertz CT molecular complexity index is 1450. The molecule has 31 heavy (non-hydrogen) atoms. The minimum atomic E-state index is -0.0501. The van der Waals surface area contributed by atoms with Crippen LogP contribution in [-0.2, 0) is 6.42 Å². The average Bonchev–Trinajstić information content (AvgIpc) is 3.29. The molecule has 152 valence electrons. The molecule has 0 saturated carbocycles. The average molecular weight is 408 g/mol. The van der Waals surface area contributed by atoms with Gasteiger partial charge < -0.3 is 10.3 Å². The van der Waals surface area contributed by atoms with Gasteiger partial charge in [-0.2, -0.15) is 0 Å². The molecule has 0 radical (unpaired) electrons. The molecule has 0 fully saturated rings. The Morgan fingerprint density at radius 3 is 2.77 bits per heavy atom. The van der Waals surface area contributed by atoms with Crippen LogP contribution < -0.4 is 10.9 Å². The Kier molecular flexibility index (Phi) is 4.76. The van der Waals surface area contributed by atoms with Crippen molar-refractivity contribution in [1.29, 1.82) is 0 Å². The van der Waals surface area contributed by atoms with Crippen LogP contribution in [0, 0.1) is 0 Å². The van der Waals surface area contributed by atoms with Crippen molar-refractivity contribution in [3.8, 4) is 5.69 Å². The lowest BCUT2D eigenvalue weighted by Gasteiger charge is -2.16. The van der Waals surface area contributed by atoms with Crippen LogP contribution in [0.3, 0.4) is 0 Å². The van der Waals surface area contributed by atoms with E-state index in [0.29, 0.717) is 35.3 Å². The van der Waals surface area contributed by atoms with Gasteiger partial charge in [-0.1, -0.05) is 49.1 Å². The number of nitrogens with one attached hydrogen (secondary N) is 2. The fourth-order valence-electron chi connectivity index (χ4n) is 3.86. The first kappa shape index (κ1) is 18.7. The second-order valence-corrected chi connectivity index (χ2v) is 7.13. The van der Waals surface area contributed by atoms with E-state index in [1.54, 1.807) is 17.0 Å². The van der Waals surface area contributed by atoms with E-state index < -0.39 is 0 Å². The highest BCUT2D eigenvalue weighted by atomic mass is 16.1. The predicted molar refractivity (Wildman–Crippen MR) is 124 cm³/mol. The molecule has 0 amide bonds. The number of imidazole rings is 1. The number of aromatic nitrogens is 5. The van der Waals surface area contributed by atoms with Gasteiger partial charge in [-0.15, -0.1) is 0 Å². The van der Waals surface area contributed by atoms with E-state index in [-0.39, 0.29) is 5.56 Å². The Labute approximate surface area is 178 Å². The molecule has 0 saturated heterocycles. The molecular weight excluding hydrogens is 388 g/mol. The fraction of sp³-hybridized carbons (Fsp3) is 0.0833. The van der Waals surface area contributed by atoms with Gasteiger partial charge >= 0.3 is 0 Å². The normalized spacial score (nSPS) is 11.1. The maximum atomic E-state index is 13.6. The van der Waals surface area contributed by atoms with E-state index in [1.165, 1.54) is 6.33 Å². The van der Waals surface area contributed by atoms with Gasteiger partial charge in [0.2, 0.25) is 0 Å². The van der Waals surface area contributed by atoms with Gasteiger partial charge in [-0.3, -0.25) is 9.36 Å². The summed E-state index contributed by atoms with van der Waals surface area (Å²) in [6.45, 7) is 4.45. The maximum Gasteiger partial charge on any atom is 0.263 e. The molecule has 0 aliphatic rings. The summed E-state index contributed by atoms with van der Waals surface area (Å²) >= 11 is 0. The molecule has 2 aromatic carbocycles. The maximum absolute atomic E-state index is 13.6. The first-order chi connectivity index (χ1) is 15.3. The summed E-state index contributed by atoms with van der Waals surface area (Å²) in [4.78, 5) is 29.3. The van der Waals surface area contributed by atoms with Crippen molar-refractivity contribution in [2.24, 2.45) is 0 Å². The van der Waals surface area contributed by atoms with Crippen molar-refractivity contribution in [3.63, 3.8) is 0 Å². The molecule has 0 aliphatic heterocycles. The number of H-pyrrole nitrogens is 1. The minimum absolute atomic E-state index is 0.0501. The lowest BCUT2D eigenvalue weighted by molar-refractivity contribution is 0.859. The van der Waals surface area contributed by atoms with Crippen molar-refractivity contribution in [3.05, 3.63) is 95.4 Å². The van der Waals surface area contributed by atoms with Crippen molar-refractivity contribution >= 4 is 33.8 Å². The second-order valence-electron chi connectivity index (χ2n) is 7.13. The first-order valence-electron chi connectivity index (χ1n) is 10.00. The van der Waals surface area contributed by atoms with E-state index in [9.17, 15) is 4.79 Å². The number of rotatable bonds is 6. The molecule has 5 aromatic rings. The predicted octanol–water partition coefficient (Wildman–Crippen LogP) is 3.95. The molecule has 0 atom stereocenters. The van der Waals surface area contributed by atoms with Gasteiger partial charge in [0, 0.05) is 24.3 Å². The second kappa shape index (κ2) is 7.87. The van der Waals surface area contributed by atoms with Crippen LogP contribution >= 0.6 is 0 Å². The van der Waals surface area contributed by atoms with Crippen LogP contribution in [0.25, 0.3) is 33.7 Å². The van der Waals surface area contributed by atoms with Crippen LogP contribution in [0.15, 0.2) is 78.6 Å². The molecular formula is C24H20N6O. The molecule has 7 nitrogen and oxygen atoms in total. The summed E-state index contributed by atoms with van der Waals surface area (Å²) in [5.74, 6) is 0.662. The number of pyridine rings is 1. The molecule has 0 unspecified atom stereocenters. The van der Waals surface area contributed by atoms with Gasteiger partial charge in [-0.05, 0) is 29.1 Å². The number of hydrogen-bond donors (Lipinski definition) is 2. The number of para-hydroxylation sites is 1. The summed E-state index contributed by atoms with van der Waals surface area (Å²) < 4.78 is 1.78. The number of anilines is 1. The van der Waals surface area contributed by atoms with E-state index in [0.717, 1.165) is 22.3 Å². The Balaban J connectivity index is 1.56. The molecule has 5 rings (SSSR count). The van der Waals surface area contributed by atoms with Crippen LogP contribution in [0.5, 0.6) is 0 Å². The summed E-state index contributed by atoms with van der Waals surface area (Å²) in [5, 5.41) is 4.90. The highest BCUT2D eigenvalue weighted by Crippen LogP contribution is 2.21. The molecule has 7 heteroatoms. The van der Waals surface area contributed by atoms with Crippen molar-refractivity contribution in [2.75, 3.05) is 11.9 Å². The van der Waals surface area contributed by atoms with Gasteiger partial charge in [-0.25, -0.2) is 15.0 Å². The summed E-state index contributed by atoms with van der Waals surface area (Å²) in [7, 11) is 0. The minimum Gasteiger partial charge on any atom is -0.368 e. The first-order valence-corrected chi connectivity index (χ1v) is 10.00. The van der Waals surface area contributed by atoms with Crippen molar-refractivity contribution < 1.29 is 0 Å². The molecule has 3 aromatic heterocycles. The zero-order valence-corrected chi connectivity index (χ0v) is 16.7. The van der Waals surface area contributed by atoms with Gasteiger partial charge in [0.05, 0.1) is 11.7 Å². The fourth-order valence-corrected chi connectivity index (χ4v) is 3.86. The molecule has 0 spiro atoms. The smallest absolute Gasteiger partial charge is 0.263 e. The van der Waals surface area contributed by atoms with E-state index in [2.05, 4.69) is 37.9 Å². The SMILES string of the molecule is C=Cc1cccc2cc(CCNc3ncnc4[nH]cnc34)n(-c3ccccc3)c(=O)c12. The lowest BCUT2D eigenvalue weighted by atomic mass is 10.0. The van der Waals surface area contributed by atoms with Crippen LogP contribution in [0.4, 0.5) is 5.82 Å². The Hall–Kier alpha value is -4.26. The number of fused-ring (bicyclic) bond motifs is 2. The third-order valence-electron chi connectivity index (χ3n) is 5.28. The van der Waals surface area contributed by atoms with Gasteiger partial charge in [0.1, 0.15) is 11.8 Å². The largest absolute Gasteiger partial charge is 0.368 e. The van der Waals surface area contributed by atoms with Gasteiger partial charge in [0.15, 0.2) is 11.5 Å². The molecule has 0 aliphatic carbocycles. The topological polar surface area (TPSA) is 88.5 Å². The quantitative estimate of drug-likeness (QED) is 0.444. The summed E-state index contributed by atoms with van der Waals surface area (Å²) in [6.07, 6.45) is 5.44. The third-order valence-corrected chi connectivity index (χ3v) is 5.28. The summed E-state index contributed by atoms with van der Waals surface area (Å²) in [5.41, 5.74) is 3.90. The number of hydrogen-bond acceptors (Lipinski definition) is 5. The van der Waals surface area contributed by atoms with Crippen molar-refractivity contribution in [1.82, 2.24) is 24.5 Å². The Morgan fingerprint density at radius 1 is 1.06 bits per heavy atom. The summed E-state index contributed by atoms with van der Waals surface area (Å²) in [6, 6.07) is 17.6. The monoisotopic (exact) mass is 408 g/mol. The molecule has 2 N–H and O–H groups in total. The zero-order chi connectivity index (χ0) is 21.2. The third kappa shape index (κ3) is 3.36. The van der Waals surface area contributed by atoms with Crippen LogP contribution in [0.2, 0.25) is 0 Å². The number of benzene rings is 2. The standard InChI is InChI=1S/C24H20N6O/c1-2-16-7-6-8-17-13-19(30(24(31)20(16)17)18-9-4-3-5-10-18)11-12-25-22-21-23(27-14-26-21)29-15-28-22/h2-10,13-15H,1,11-12H2,(H2,25,26,27,28,29). The van der Waals surface area contributed by atoms with Crippen LogP contribution in [0.1, 0.15) is 11.3 Å². The molecule has 3 heterocycles. The zero-order valence-electron chi connectivity index (χ0n) is 16.7. The van der Waals surface area contributed by atoms with E-state index in [1.807, 2.05) is 48.5 Å². The lowest BCUT2D eigenvalue weighted by Crippen LogP contribution is -2.24. The van der Waals surface area contributed by atoms with E-state index >= 15 is 0 Å².